The van der Waals surface area contributed by atoms with Crippen LogP contribution in [0.5, 0.6) is 0 Å². The van der Waals surface area contributed by atoms with E-state index in [4.69, 9.17) is 11.5 Å². The van der Waals surface area contributed by atoms with Crippen molar-refractivity contribution in [3.05, 3.63) is 21.9 Å². The van der Waals surface area contributed by atoms with Gasteiger partial charge in [0.05, 0.1) is 13.1 Å². The summed E-state index contributed by atoms with van der Waals surface area (Å²) in [6, 6.07) is 1.99. The molecule has 1 aromatic rings. The highest BCUT2D eigenvalue weighted by molar-refractivity contribution is 7.10. The maximum atomic E-state index is 11.1. The molecule has 1 amide bonds. The van der Waals surface area contributed by atoms with Crippen LogP contribution < -0.4 is 11.5 Å². The molecule has 0 aliphatic rings. The number of carbonyl (C=O) groups excluding carboxylic acids is 1. The first-order valence-electron chi connectivity index (χ1n) is 6.43. The summed E-state index contributed by atoms with van der Waals surface area (Å²) in [6.07, 6.45) is 2.15. The number of primary amides is 1. The Kier molecular flexibility index (Phi) is 7.19. The quantitative estimate of drug-likeness (QED) is 0.735. The monoisotopic (exact) mass is 279 g/mol. The van der Waals surface area contributed by atoms with Crippen LogP contribution in [0.15, 0.2) is 11.4 Å². The molecule has 1 aromatic heterocycles. The van der Waals surface area contributed by atoms with Crippen LogP contribution in [0, 0.1) is 11.8 Å². The van der Waals surface area contributed by atoms with Crippen LogP contribution in [0.2, 0.25) is 0 Å². The highest BCUT2D eigenvalue weighted by Gasteiger charge is 2.11. The zero-order chi connectivity index (χ0) is 14.1. The lowest BCUT2D eigenvalue weighted by atomic mass is 10.2. The van der Waals surface area contributed by atoms with Crippen LogP contribution in [0.4, 0.5) is 0 Å². The molecule has 0 saturated heterocycles. The molecule has 0 spiro atoms. The second-order valence-corrected chi connectivity index (χ2v) is 5.29. The molecule has 0 aliphatic heterocycles. The van der Waals surface area contributed by atoms with Gasteiger partial charge in [0.25, 0.3) is 0 Å². The Labute approximate surface area is 118 Å². The van der Waals surface area contributed by atoms with Gasteiger partial charge in [0.1, 0.15) is 0 Å². The summed E-state index contributed by atoms with van der Waals surface area (Å²) < 4.78 is 0. The number of hydrogen-bond donors (Lipinski definition) is 2. The molecule has 0 saturated carbocycles. The van der Waals surface area contributed by atoms with Crippen LogP contribution in [-0.4, -0.2) is 30.4 Å². The van der Waals surface area contributed by atoms with Gasteiger partial charge in [0.15, 0.2) is 0 Å². The molecule has 0 radical (unpaired) electrons. The first-order chi connectivity index (χ1) is 9.17. The fourth-order valence-corrected chi connectivity index (χ4v) is 2.61. The fourth-order valence-electron chi connectivity index (χ4n) is 1.74. The average Bonchev–Trinajstić information content (AvgIpc) is 2.80. The maximum Gasteiger partial charge on any atom is 0.231 e. The third-order valence-electron chi connectivity index (χ3n) is 2.65. The van der Waals surface area contributed by atoms with E-state index in [1.165, 1.54) is 4.88 Å². The third kappa shape index (κ3) is 5.88. The van der Waals surface area contributed by atoms with Gasteiger partial charge in [-0.3, -0.25) is 9.69 Å². The molecule has 0 aliphatic carbocycles. The van der Waals surface area contributed by atoms with Crippen molar-refractivity contribution in [2.45, 2.75) is 26.3 Å². The Morgan fingerprint density at radius 1 is 1.53 bits per heavy atom. The molecule has 0 atom stereocenters. The van der Waals surface area contributed by atoms with E-state index < -0.39 is 0 Å². The van der Waals surface area contributed by atoms with Crippen molar-refractivity contribution in [2.75, 3.05) is 19.6 Å². The molecule has 4 nitrogen and oxygen atoms in total. The van der Waals surface area contributed by atoms with Crippen LogP contribution in [0.1, 0.15) is 30.2 Å². The van der Waals surface area contributed by atoms with E-state index in [1.807, 2.05) is 11.4 Å². The molecule has 1 heterocycles. The van der Waals surface area contributed by atoms with Crippen molar-refractivity contribution >= 4 is 17.2 Å². The predicted molar refractivity (Wildman–Crippen MR) is 79.6 cm³/mol. The lowest BCUT2D eigenvalue weighted by molar-refractivity contribution is -0.119. The molecular weight excluding hydrogens is 258 g/mol. The zero-order valence-corrected chi connectivity index (χ0v) is 12.1. The van der Waals surface area contributed by atoms with Gasteiger partial charge >= 0.3 is 0 Å². The van der Waals surface area contributed by atoms with E-state index in [0.717, 1.165) is 31.5 Å². The van der Waals surface area contributed by atoms with Crippen molar-refractivity contribution < 1.29 is 4.79 Å². The first-order valence-corrected chi connectivity index (χ1v) is 7.31. The van der Waals surface area contributed by atoms with E-state index in [2.05, 4.69) is 23.7 Å². The highest BCUT2D eigenvalue weighted by atomic mass is 32.1. The smallest absolute Gasteiger partial charge is 0.231 e. The summed E-state index contributed by atoms with van der Waals surface area (Å²) in [5.74, 6) is 5.63. The van der Waals surface area contributed by atoms with Gasteiger partial charge in [-0.25, -0.2) is 0 Å². The van der Waals surface area contributed by atoms with Crippen molar-refractivity contribution in [3.63, 3.8) is 0 Å². The van der Waals surface area contributed by atoms with Crippen molar-refractivity contribution in [2.24, 2.45) is 11.5 Å². The minimum absolute atomic E-state index is 0.290. The summed E-state index contributed by atoms with van der Waals surface area (Å²) in [7, 11) is 0. The topological polar surface area (TPSA) is 72.3 Å². The number of rotatable bonds is 7. The minimum atomic E-state index is -0.290. The molecule has 0 bridgehead atoms. The number of unbranched alkanes of at least 4 members (excludes halogenated alkanes) is 1. The highest BCUT2D eigenvalue weighted by Crippen LogP contribution is 2.18. The van der Waals surface area contributed by atoms with Gasteiger partial charge in [-0.2, -0.15) is 0 Å². The maximum absolute atomic E-state index is 11.1. The SMILES string of the molecule is CCCCN(CC(N)=O)Cc1sccc1C#CCN. The molecule has 5 heteroatoms. The van der Waals surface area contributed by atoms with E-state index in [9.17, 15) is 4.79 Å². The summed E-state index contributed by atoms with van der Waals surface area (Å²) in [4.78, 5) is 14.3. The Bertz CT molecular complexity index is 459. The molecule has 0 aromatic carbocycles. The van der Waals surface area contributed by atoms with Gasteiger partial charge in [0, 0.05) is 17.0 Å². The van der Waals surface area contributed by atoms with Crippen LogP contribution in [-0.2, 0) is 11.3 Å². The molecule has 0 unspecified atom stereocenters. The van der Waals surface area contributed by atoms with Gasteiger partial charge in [-0.1, -0.05) is 25.2 Å². The average molecular weight is 279 g/mol. The zero-order valence-electron chi connectivity index (χ0n) is 11.3. The number of hydrogen-bond acceptors (Lipinski definition) is 4. The summed E-state index contributed by atoms with van der Waals surface area (Å²) >= 11 is 1.65. The molecule has 104 valence electrons. The number of thiophene rings is 1. The molecule has 4 N–H and O–H groups in total. The van der Waals surface area contributed by atoms with E-state index in [-0.39, 0.29) is 5.91 Å². The summed E-state index contributed by atoms with van der Waals surface area (Å²) in [5, 5.41) is 2.01. The number of nitrogens with zero attached hydrogens (tertiary/aromatic N) is 1. The third-order valence-corrected chi connectivity index (χ3v) is 3.55. The first kappa shape index (κ1) is 15.7. The molecule has 1 rings (SSSR count). The van der Waals surface area contributed by atoms with Crippen LogP contribution in [0.25, 0.3) is 0 Å². The predicted octanol–water partition coefficient (Wildman–Crippen LogP) is 1.15. The lowest BCUT2D eigenvalue weighted by Gasteiger charge is -2.19. The Hall–Kier alpha value is -1.35. The number of carbonyl (C=O) groups is 1. The Morgan fingerprint density at radius 3 is 2.95 bits per heavy atom. The summed E-state index contributed by atoms with van der Waals surface area (Å²) in [5.41, 5.74) is 11.7. The summed E-state index contributed by atoms with van der Waals surface area (Å²) in [6.45, 7) is 4.37. The van der Waals surface area contributed by atoms with E-state index in [1.54, 1.807) is 11.3 Å². The van der Waals surface area contributed by atoms with Crippen molar-refractivity contribution in [3.8, 4) is 11.8 Å². The normalized spacial score (nSPS) is 10.3. The molecular formula is C14H21N3OS. The van der Waals surface area contributed by atoms with Crippen LogP contribution >= 0.6 is 11.3 Å². The minimum Gasteiger partial charge on any atom is -0.369 e. The Balaban J connectivity index is 2.72. The molecule has 0 fully saturated rings. The second kappa shape index (κ2) is 8.70. The largest absolute Gasteiger partial charge is 0.369 e. The number of nitrogens with two attached hydrogens (primary N) is 2. The fraction of sp³-hybridized carbons (Fsp3) is 0.500. The van der Waals surface area contributed by atoms with Gasteiger partial charge in [0.2, 0.25) is 5.91 Å². The van der Waals surface area contributed by atoms with Gasteiger partial charge in [-0.15, -0.1) is 11.3 Å². The lowest BCUT2D eigenvalue weighted by Crippen LogP contribution is -2.34. The Morgan fingerprint density at radius 2 is 2.32 bits per heavy atom. The van der Waals surface area contributed by atoms with Crippen molar-refractivity contribution in [1.29, 1.82) is 0 Å². The van der Waals surface area contributed by atoms with E-state index >= 15 is 0 Å². The second-order valence-electron chi connectivity index (χ2n) is 4.29. The standard InChI is InChI=1S/C14H21N3OS/c1-2-3-8-17(11-14(16)18)10-13-12(5-4-7-15)6-9-19-13/h6,9H,2-3,7-8,10-11,15H2,1H3,(H2,16,18). The van der Waals surface area contributed by atoms with Crippen molar-refractivity contribution in [1.82, 2.24) is 4.90 Å². The van der Waals surface area contributed by atoms with Gasteiger partial charge < -0.3 is 11.5 Å². The van der Waals surface area contributed by atoms with Gasteiger partial charge in [-0.05, 0) is 24.4 Å². The molecule has 19 heavy (non-hydrogen) atoms. The van der Waals surface area contributed by atoms with E-state index in [0.29, 0.717) is 13.1 Å². The van der Waals surface area contributed by atoms with Crippen LogP contribution in [0.3, 0.4) is 0 Å². The number of amides is 1.